The average Bonchev–Trinajstić information content (AvgIpc) is 3.71. The molecule has 1 saturated carbocycles. The Hall–Kier alpha value is -3.59. The molecule has 0 spiro atoms. The number of aromatic nitrogens is 2. The highest BCUT2D eigenvalue weighted by molar-refractivity contribution is 6.00. The van der Waals surface area contributed by atoms with Crippen LogP contribution in [0.5, 0.6) is 0 Å². The lowest BCUT2D eigenvalue weighted by molar-refractivity contribution is 0.0648. The molecule has 0 N–H and O–H groups in total. The molecule has 174 valence electrons. The van der Waals surface area contributed by atoms with Crippen LogP contribution >= 0.6 is 0 Å². The number of likely N-dealkylation sites (tertiary alicyclic amines) is 1. The topological polar surface area (TPSA) is 69.9 Å². The predicted octanol–water partition coefficient (Wildman–Crippen LogP) is 5.78. The van der Waals surface area contributed by atoms with Crippen molar-refractivity contribution < 1.29 is 9.18 Å². The van der Waals surface area contributed by atoms with Gasteiger partial charge in [0.25, 0.3) is 5.91 Å². The van der Waals surface area contributed by atoms with Gasteiger partial charge in [-0.2, -0.15) is 5.26 Å². The van der Waals surface area contributed by atoms with Gasteiger partial charge in [0.1, 0.15) is 12.1 Å². The minimum Gasteiger partial charge on any atom is -0.339 e. The molecular formula is C28H29FN4O. The first-order chi connectivity index (χ1) is 16.1. The molecule has 1 aromatic heterocycles. The number of amides is 1. The number of carbonyl (C=O) groups is 1. The molecule has 2 aliphatic rings. The zero-order valence-electron chi connectivity index (χ0n) is 18.4. The van der Waals surface area contributed by atoms with Crippen molar-refractivity contribution in [2.75, 3.05) is 13.1 Å². The van der Waals surface area contributed by atoms with Crippen LogP contribution in [0.15, 0.2) is 61.1 Å². The molecule has 1 amide bonds. The zero-order chi connectivity index (χ0) is 22.8. The van der Waals surface area contributed by atoms with E-state index >= 15 is 0 Å². The molecule has 2 fully saturated rings. The molecular weight excluding hydrogens is 427 g/mol. The molecule has 3 aromatic rings. The van der Waals surface area contributed by atoms with Crippen molar-refractivity contribution in [3.63, 3.8) is 0 Å². The van der Waals surface area contributed by atoms with Crippen LogP contribution in [0.2, 0.25) is 0 Å². The number of nitrogens with zero attached hydrogens (tertiary/aromatic N) is 4. The molecule has 34 heavy (non-hydrogen) atoms. The zero-order valence-corrected chi connectivity index (χ0v) is 18.4. The summed E-state index contributed by atoms with van der Waals surface area (Å²) in [5.41, 5.74) is 3.82. The van der Waals surface area contributed by atoms with Crippen LogP contribution in [0, 0.1) is 22.6 Å². The van der Waals surface area contributed by atoms with Crippen LogP contribution < -0.4 is 0 Å². The lowest BCUT2D eigenvalue weighted by Gasteiger charge is -2.37. The first-order valence-corrected chi connectivity index (χ1v) is 11.4. The number of hydrogen-bond donors (Lipinski definition) is 0. The summed E-state index contributed by atoms with van der Waals surface area (Å²) < 4.78 is 13.3. The lowest BCUT2D eigenvalue weighted by atomic mass is 9.75. The third-order valence-electron chi connectivity index (χ3n) is 6.88. The van der Waals surface area contributed by atoms with Crippen LogP contribution in [0.3, 0.4) is 0 Å². The summed E-state index contributed by atoms with van der Waals surface area (Å²) in [6.45, 7) is 1.04. The molecule has 1 aliphatic heterocycles. The van der Waals surface area contributed by atoms with E-state index in [1.54, 1.807) is 18.3 Å². The van der Waals surface area contributed by atoms with Crippen molar-refractivity contribution in [2.45, 2.75) is 45.4 Å². The van der Waals surface area contributed by atoms with E-state index in [0.29, 0.717) is 43.8 Å². The summed E-state index contributed by atoms with van der Waals surface area (Å²) >= 11 is 0. The maximum Gasteiger partial charge on any atom is 0.254 e. The molecule has 0 atom stereocenters. The van der Waals surface area contributed by atoms with E-state index in [2.05, 4.69) is 22.1 Å². The lowest BCUT2D eigenvalue weighted by Crippen LogP contribution is -2.43. The minimum absolute atomic E-state index is 0. The standard InChI is InChI=1S/C27H25FN4O.CH4/c28-22-6-1-19(2-7-22)16-27(17-29)10-13-32(14-11-27)26(33)24-15-21(20-3-4-20)5-8-23(24)25-9-12-30-18-31-25;/h1-2,5-9,12,15,18,20H,3-4,10-11,13-14,16H2;1H4. The summed E-state index contributed by atoms with van der Waals surface area (Å²) in [5, 5.41) is 9.95. The van der Waals surface area contributed by atoms with Gasteiger partial charge < -0.3 is 4.90 Å². The van der Waals surface area contributed by atoms with E-state index in [1.807, 2.05) is 23.1 Å². The van der Waals surface area contributed by atoms with Gasteiger partial charge in [0.2, 0.25) is 0 Å². The van der Waals surface area contributed by atoms with Crippen molar-refractivity contribution in [1.29, 1.82) is 5.26 Å². The Kier molecular flexibility index (Phi) is 6.74. The Morgan fingerprint density at radius 1 is 1.12 bits per heavy atom. The summed E-state index contributed by atoms with van der Waals surface area (Å²) in [4.78, 5) is 23.9. The third-order valence-corrected chi connectivity index (χ3v) is 6.88. The quantitative estimate of drug-likeness (QED) is 0.488. The van der Waals surface area contributed by atoms with Gasteiger partial charge in [-0.3, -0.25) is 4.79 Å². The van der Waals surface area contributed by atoms with E-state index in [9.17, 15) is 14.4 Å². The van der Waals surface area contributed by atoms with Gasteiger partial charge in [0.05, 0.1) is 17.2 Å². The molecule has 0 unspecified atom stereocenters. The molecule has 1 saturated heterocycles. The van der Waals surface area contributed by atoms with Crippen LogP contribution in [0.1, 0.15) is 60.5 Å². The fraction of sp³-hybridized carbons (Fsp3) is 0.357. The second kappa shape index (κ2) is 9.72. The maximum absolute atomic E-state index is 13.6. The van der Waals surface area contributed by atoms with E-state index < -0.39 is 5.41 Å². The van der Waals surface area contributed by atoms with E-state index in [0.717, 1.165) is 29.7 Å². The molecule has 1 aliphatic carbocycles. The second-order valence-corrected chi connectivity index (χ2v) is 9.16. The van der Waals surface area contributed by atoms with Crippen LogP contribution in [0.25, 0.3) is 11.3 Å². The number of nitriles is 1. The highest BCUT2D eigenvalue weighted by atomic mass is 19.1. The first-order valence-electron chi connectivity index (χ1n) is 11.4. The highest BCUT2D eigenvalue weighted by Gasteiger charge is 2.37. The fourth-order valence-corrected chi connectivity index (χ4v) is 4.71. The number of piperidine rings is 1. The maximum atomic E-state index is 13.6. The normalized spacial score (nSPS) is 16.9. The average molecular weight is 457 g/mol. The van der Waals surface area contributed by atoms with Crippen LogP contribution in [0.4, 0.5) is 4.39 Å². The minimum atomic E-state index is -0.542. The van der Waals surface area contributed by atoms with Crippen LogP contribution in [-0.4, -0.2) is 33.9 Å². The van der Waals surface area contributed by atoms with Gasteiger partial charge >= 0.3 is 0 Å². The summed E-state index contributed by atoms with van der Waals surface area (Å²) in [7, 11) is 0. The number of benzene rings is 2. The fourth-order valence-electron chi connectivity index (χ4n) is 4.71. The van der Waals surface area contributed by atoms with Gasteiger partial charge in [0.15, 0.2) is 0 Å². The van der Waals surface area contributed by atoms with Gasteiger partial charge in [-0.25, -0.2) is 14.4 Å². The summed E-state index contributed by atoms with van der Waals surface area (Å²) in [5.74, 6) is 0.247. The van der Waals surface area contributed by atoms with Crippen molar-refractivity contribution in [3.05, 3.63) is 83.6 Å². The van der Waals surface area contributed by atoms with Crippen molar-refractivity contribution >= 4 is 5.91 Å². The molecule has 6 heteroatoms. The van der Waals surface area contributed by atoms with Crippen molar-refractivity contribution in [1.82, 2.24) is 14.9 Å². The monoisotopic (exact) mass is 456 g/mol. The summed E-state index contributed by atoms with van der Waals surface area (Å²) in [6.07, 6.45) is 7.26. The highest BCUT2D eigenvalue weighted by Crippen LogP contribution is 2.42. The van der Waals surface area contributed by atoms with E-state index in [-0.39, 0.29) is 19.2 Å². The van der Waals surface area contributed by atoms with Gasteiger partial charge in [-0.15, -0.1) is 0 Å². The number of hydrogen-bond acceptors (Lipinski definition) is 4. The predicted molar refractivity (Wildman–Crippen MR) is 129 cm³/mol. The van der Waals surface area contributed by atoms with E-state index in [1.165, 1.54) is 24.0 Å². The van der Waals surface area contributed by atoms with Crippen molar-refractivity contribution in [2.24, 2.45) is 5.41 Å². The number of carbonyl (C=O) groups excluding carboxylic acids is 1. The number of rotatable bonds is 5. The molecule has 2 aromatic carbocycles. The Morgan fingerprint density at radius 3 is 2.47 bits per heavy atom. The summed E-state index contributed by atoms with van der Waals surface area (Å²) in [6, 6.07) is 16.8. The second-order valence-electron chi connectivity index (χ2n) is 9.16. The Labute approximate surface area is 200 Å². The Morgan fingerprint density at radius 2 is 1.85 bits per heavy atom. The van der Waals surface area contributed by atoms with Crippen LogP contribution in [-0.2, 0) is 6.42 Å². The first kappa shape index (κ1) is 23.6. The SMILES string of the molecule is C.N#CC1(Cc2ccc(F)cc2)CCN(C(=O)c2cc(C3CC3)ccc2-c2ccncn2)CC1. The molecule has 5 nitrogen and oxygen atoms in total. The van der Waals surface area contributed by atoms with Gasteiger partial charge in [-0.1, -0.05) is 31.7 Å². The third kappa shape index (κ3) is 4.84. The molecule has 2 heterocycles. The molecule has 0 radical (unpaired) electrons. The van der Waals surface area contributed by atoms with E-state index in [4.69, 9.17) is 0 Å². The number of halogens is 1. The van der Waals surface area contributed by atoms with Gasteiger partial charge in [0, 0.05) is 30.4 Å². The molecule has 5 rings (SSSR count). The Balaban J connectivity index is 0.00000274. The largest absolute Gasteiger partial charge is 0.339 e. The molecule has 0 bridgehead atoms. The smallest absolute Gasteiger partial charge is 0.254 e. The Bertz CT molecular complexity index is 1190. The van der Waals surface area contributed by atoms with Crippen molar-refractivity contribution in [3.8, 4) is 17.3 Å². The van der Waals surface area contributed by atoms with Gasteiger partial charge in [-0.05, 0) is 73.4 Å².